The summed E-state index contributed by atoms with van der Waals surface area (Å²) in [5.74, 6) is 1.89. The molecule has 1 heterocycles. The molecule has 21 heavy (non-hydrogen) atoms. The molecule has 114 valence electrons. The van der Waals surface area contributed by atoms with E-state index in [-0.39, 0.29) is 5.91 Å². The number of anilines is 1. The van der Waals surface area contributed by atoms with Crippen LogP contribution in [0, 0.1) is 11.8 Å². The molecule has 2 atom stereocenters. The zero-order valence-corrected chi connectivity index (χ0v) is 12.6. The molecule has 1 aromatic rings. The van der Waals surface area contributed by atoms with Crippen molar-refractivity contribution < 1.29 is 4.79 Å². The lowest BCUT2D eigenvalue weighted by Crippen LogP contribution is -2.26. The van der Waals surface area contributed by atoms with E-state index in [1.54, 1.807) is 0 Å². The van der Waals surface area contributed by atoms with E-state index >= 15 is 0 Å². The van der Waals surface area contributed by atoms with Crippen molar-refractivity contribution in [3.8, 4) is 0 Å². The average Bonchev–Trinajstić information content (AvgIpc) is 3.06. The Morgan fingerprint density at radius 1 is 1.29 bits per heavy atom. The number of nitrogens with one attached hydrogen (secondary N) is 1. The number of carbonyl (C=O) groups is 1. The number of amides is 1. The van der Waals surface area contributed by atoms with Crippen molar-refractivity contribution >= 4 is 11.6 Å². The Kier molecular flexibility index (Phi) is 4.56. The number of hydrogen-bond donors (Lipinski definition) is 2. The van der Waals surface area contributed by atoms with Crippen LogP contribution in [0.2, 0.25) is 0 Å². The molecule has 3 rings (SSSR count). The standard InChI is InChI=1S/C17H25N3O/c18-10-13-3-1-6-16(9-13)19-17(21)7-8-20-11-14-4-2-5-15(14)12-20/h1,3,6,9,14-15H,2,4-5,7-8,10-12,18H2,(H,19,21). The van der Waals surface area contributed by atoms with Gasteiger partial charge in [0.25, 0.3) is 0 Å². The van der Waals surface area contributed by atoms with Crippen molar-refractivity contribution in [1.29, 1.82) is 0 Å². The Balaban J connectivity index is 1.44. The van der Waals surface area contributed by atoms with E-state index in [9.17, 15) is 4.79 Å². The van der Waals surface area contributed by atoms with E-state index < -0.39 is 0 Å². The number of benzene rings is 1. The maximum Gasteiger partial charge on any atom is 0.225 e. The van der Waals surface area contributed by atoms with Gasteiger partial charge in [0.1, 0.15) is 0 Å². The number of carbonyl (C=O) groups excluding carboxylic acids is 1. The smallest absolute Gasteiger partial charge is 0.225 e. The number of nitrogens with two attached hydrogens (primary N) is 1. The van der Waals surface area contributed by atoms with Crippen molar-refractivity contribution in [2.24, 2.45) is 17.6 Å². The van der Waals surface area contributed by atoms with Crippen molar-refractivity contribution in [2.45, 2.75) is 32.2 Å². The molecule has 2 aliphatic rings. The average molecular weight is 287 g/mol. The van der Waals surface area contributed by atoms with Crippen LogP contribution in [0.4, 0.5) is 5.69 Å². The van der Waals surface area contributed by atoms with Gasteiger partial charge in [-0.3, -0.25) is 4.79 Å². The first kappa shape index (κ1) is 14.5. The van der Waals surface area contributed by atoms with E-state index in [2.05, 4.69) is 10.2 Å². The summed E-state index contributed by atoms with van der Waals surface area (Å²) in [6.45, 7) is 3.77. The van der Waals surface area contributed by atoms with Crippen LogP contribution in [0.3, 0.4) is 0 Å². The van der Waals surface area contributed by atoms with E-state index in [4.69, 9.17) is 5.73 Å². The molecular formula is C17H25N3O. The van der Waals surface area contributed by atoms with Gasteiger partial charge in [0.15, 0.2) is 0 Å². The van der Waals surface area contributed by atoms with Crippen LogP contribution >= 0.6 is 0 Å². The second-order valence-electron chi connectivity index (χ2n) is 6.41. The van der Waals surface area contributed by atoms with Gasteiger partial charge in [-0.1, -0.05) is 18.6 Å². The van der Waals surface area contributed by atoms with Crippen LogP contribution < -0.4 is 11.1 Å². The Hall–Kier alpha value is -1.39. The molecule has 2 fully saturated rings. The Bertz CT molecular complexity index is 491. The van der Waals surface area contributed by atoms with Crippen molar-refractivity contribution in [3.05, 3.63) is 29.8 Å². The van der Waals surface area contributed by atoms with Gasteiger partial charge in [-0.25, -0.2) is 0 Å². The third-order valence-corrected chi connectivity index (χ3v) is 4.90. The topological polar surface area (TPSA) is 58.4 Å². The predicted octanol–water partition coefficient (Wildman–Crippen LogP) is 2.21. The van der Waals surface area contributed by atoms with Gasteiger partial charge in [-0.05, 0) is 42.4 Å². The third-order valence-electron chi connectivity index (χ3n) is 4.90. The van der Waals surface area contributed by atoms with Gasteiger partial charge in [0, 0.05) is 38.3 Å². The number of rotatable bonds is 5. The lowest BCUT2D eigenvalue weighted by Gasteiger charge is -2.16. The predicted molar refractivity (Wildman–Crippen MR) is 84.9 cm³/mol. The molecule has 4 heteroatoms. The van der Waals surface area contributed by atoms with Gasteiger partial charge in [-0.15, -0.1) is 0 Å². The molecule has 0 aromatic heterocycles. The minimum Gasteiger partial charge on any atom is -0.326 e. The Morgan fingerprint density at radius 2 is 2.05 bits per heavy atom. The molecule has 0 bridgehead atoms. The zero-order valence-electron chi connectivity index (χ0n) is 12.6. The highest BCUT2D eigenvalue weighted by molar-refractivity contribution is 5.90. The molecule has 0 radical (unpaired) electrons. The quantitative estimate of drug-likeness (QED) is 0.873. The molecular weight excluding hydrogens is 262 g/mol. The van der Waals surface area contributed by atoms with Gasteiger partial charge in [-0.2, -0.15) is 0 Å². The maximum atomic E-state index is 12.0. The second-order valence-corrected chi connectivity index (χ2v) is 6.41. The van der Waals surface area contributed by atoms with Gasteiger partial charge in [0.05, 0.1) is 0 Å². The highest BCUT2D eigenvalue weighted by Crippen LogP contribution is 2.37. The molecule has 3 N–H and O–H groups in total. The summed E-state index contributed by atoms with van der Waals surface area (Å²) < 4.78 is 0. The largest absolute Gasteiger partial charge is 0.326 e. The highest BCUT2D eigenvalue weighted by atomic mass is 16.1. The Labute approximate surface area is 126 Å². The molecule has 1 amide bonds. The van der Waals surface area contributed by atoms with E-state index in [0.29, 0.717) is 13.0 Å². The van der Waals surface area contributed by atoms with Crippen molar-refractivity contribution in [1.82, 2.24) is 4.90 Å². The summed E-state index contributed by atoms with van der Waals surface area (Å²) in [4.78, 5) is 14.5. The minimum absolute atomic E-state index is 0.0984. The molecule has 1 aromatic carbocycles. The maximum absolute atomic E-state index is 12.0. The number of likely N-dealkylation sites (tertiary alicyclic amines) is 1. The minimum atomic E-state index is 0.0984. The van der Waals surface area contributed by atoms with E-state index in [1.807, 2.05) is 24.3 Å². The molecule has 1 saturated heterocycles. The fourth-order valence-corrected chi connectivity index (χ4v) is 3.77. The zero-order chi connectivity index (χ0) is 14.7. The number of nitrogens with zero attached hydrogens (tertiary/aromatic N) is 1. The Morgan fingerprint density at radius 3 is 2.76 bits per heavy atom. The summed E-state index contributed by atoms with van der Waals surface area (Å²) in [7, 11) is 0. The third kappa shape index (κ3) is 3.63. The van der Waals surface area contributed by atoms with Crippen molar-refractivity contribution in [3.63, 3.8) is 0 Å². The second kappa shape index (κ2) is 6.58. The molecule has 0 spiro atoms. The summed E-state index contributed by atoms with van der Waals surface area (Å²) >= 11 is 0. The summed E-state index contributed by atoms with van der Waals surface area (Å²) in [6.07, 6.45) is 4.76. The van der Waals surface area contributed by atoms with Crippen LogP contribution in [0.5, 0.6) is 0 Å². The summed E-state index contributed by atoms with van der Waals surface area (Å²) in [5.41, 5.74) is 7.51. The lowest BCUT2D eigenvalue weighted by atomic mass is 10.0. The van der Waals surface area contributed by atoms with Crippen LogP contribution in [0.1, 0.15) is 31.2 Å². The lowest BCUT2D eigenvalue weighted by molar-refractivity contribution is -0.116. The van der Waals surface area contributed by atoms with Crippen LogP contribution in [-0.2, 0) is 11.3 Å². The van der Waals surface area contributed by atoms with Crippen molar-refractivity contribution in [2.75, 3.05) is 25.0 Å². The molecule has 1 aliphatic heterocycles. The normalized spacial score (nSPS) is 25.0. The molecule has 1 aliphatic carbocycles. The molecule has 1 saturated carbocycles. The number of fused-ring (bicyclic) bond motifs is 1. The summed E-state index contributed by atoms with van der Waals surface area (Å²) in [6, 6.07) is 7.76. The van der Waals surface area contributed by atoms with Crippen LogP contribution in [0.25, 0.3) is 0 Å². The highest BCUT2D eigenvalue weighted by Gasteiger charge is 2.35. The van der Waals surface area contributed by atoms with Crippen LogP contribution in [-0.4, -0.2) is 30.4 Å². The first-order valence-corrected chi connectivity index (χ1v) is 8.06. The summed E-state index contributed by atoms with van der Waals surface area (Å²) in [5, 5.41) is 2.97. The first-order valence-electron chi connectivity index (χ1n) is 8.06. The fraction of sp³-hybridized carbons (Fsp3) is 0.588. The SMILES string of the molecule is NCc1cccc(NC(=O)CCN2CC3CCCC3C2)c1. The fourth-order valence-electron chi connectivity index (χ4n) is 3.77. The van der Waals surface area contributed by atoms with Crippen LogP contribution in [0.15, 0.2) is 24.3 Å². The van der Waals surface area contributed by atoms with Gasteiger partial charge >= 0.3 is 0 Å². The van der Waals surface area contributed by atoms with Gasteiger partial charge in [0.2, 0.25) is 5.91 Å². The van der Waals surface area contributed by atoms with E-state index in [1.165, 1.54) is 32.4 Å². The van der Waals surface area contributed by atoms with Gasteiger partial charge < -0.3 is 16.0 Å². The first-order chi connectivity index (χ1) is 10.2. The monoisotopic (exact) mass is 287 g/mol. The molecule has 4 nitrogen and oxygen atoms in total. The molecule has 2 unspecified atom stereocenters. The number of hydrogen-bond acceptors (Lipinski definition) is 3. The van der Waals surface area contributed by atoms with E-state index in [0.717, 1.165) is 29.6 Å².